The van der Waals surface area contributed by atoms with Gasteiger partial charge >= 0.3 is 5.97 Å². The molecule has 0 atom stereocenters. The molecule has 0 saturated heterocycles. The molecule has 2 aliphatic rings. The summed E-state index contributed by atoms with van der Waals surface area (Å²) in [5, 5.41) is 21.1. The molecule has 9 heteroatoms. The van der Waals surface area contributed by atoms with Crippen molar-refractivity contribution in [3.05, 3.63) is 66.5 Å². The van der Waals surface area contributed by atoms with E-state index >= 15 is 0 Å². The average molecular weight is 852 g/mol. The van der Waals surface area contributed by atoms with Crippen LogP contribution < -0.4 is 5.43 Å². The number of halogens is 4. The molecule has 0 bridgehead atoms. The van der Waals surface area contributed by atoms with E-state index in [1.165, 1.54) is 11.3 Å². The number of rotatable bonds is 2. The van der Waals surface area contributed by atoms with Crippen LogP contribution in [0.1, 0.15) is 10.4 Å². The molecule has 4 rings (SSSR count). The van der Waals surface area contributed by atoms with Crippen LogP contribution >= 0.6 is 102 Å². The average Bonchev–Trinajstić information content (AvgIpc) is 2.69. The quantitative estimate of drug-likeness (QED) is 0.171. The molecule has 146 valence electrons. The van der Waals surface area contributed by atoms with E-state index in [9.17, 15) is 19.8 Å². The van der Waals surface area contributed by atoms with Gasteiger partial charge in [-0.2, -0.15) is 0 Å². The molecular weight excluding hydrogens is 844 g/mol. The number of aromatic hydroxyl groups is 1. The Morgan fingerprint density at radius 3 is 2.31 bits per heavy atom. The van der Waals surface area contributed by atoms with Gasteiger partial charge in [-0.1, -0.05) is 18.2 Å². The summed E-state index contributed by atoms with van der Waals surface area (Å²) in [7, 11) is 0. The van der Waals surface area contributed by atoms with E-state index in [0.29, 0.717) is 19.8 Å². The standard InChI is InChI=1S/C20H8I4O4S/c21-11-5-9-13(7-3-1-2-4-8(7)20(27)28)10-6-12(22)17(26)15(24)19(10)29-18(9)14(23)16(11)25/h1-6,25H,(H,27,28). The molecule has 1 heterocycles. The van der Waals surface area contributed by atoms with Crippen LogP contribution in [0, 0.1) is 14.3 Å². The molecule has 0 radical (unpaired) electrons. The van der Waals surface area contributed by atoms with Crippen LogP contribution in [0.3, 0.4) is 0 Å². The first-order valence-electron chi connectivity index (χ1n) is 8.00. The van der Waals surface area contributed by atoms with Crippen molar-refractivity contribution in [3.63, 3.8) is 0 Å². The Morgan fingerprint density at radius 2 is 1.62 bits per heavy atom. The third kappa shape index (κ3) is 3.67. The van der Waals surface area contributed by atoms with Crippen molar-refractivity contribution in [2.45, 2.75) is 0 Å². The highest BCUT2D eigenvalue weighted by Gasteiger charge is 2.25. The molecule has 0 unspecified atom stereocenters. The normalized spacial score (nSPS) is 11.3. The first-order chi connectivity index (χ1) is 13.7. The first kappa shape index (κ1) is 22.0. The van der Waals surface area contributed by atoms with E-state index in [4.69, 9.17) is 0 Å². The largest absolute Gasteiger partial charge is 0.506 e. The van der Waals surface area contributed by atoms with Gasteiger partial charge in [0.05, 0.1) is 29.4 Å². The third-order valence-corrected chi connectivity index (χ3v) is 10.1. The Kier molecular flexibility index (Phi) is 6.32. The van der Waals surface area contributed by atoms with Crippen molar-refractivity contribution in [2.24, 2.45) is 0 Å². The van der Waals surface area contributed by atoms with Crippen molar-refractivity contribution < 1.29 is 15.0 Å². The van der Waals surface area contributed by atoms with E-state index in [1.807, 2.05) is 40.8 Å². The van der Waals surface area contributed by atoms with Crippen LogP contribution in [0.25, 0.3) is 31.7 Å². The number of aromatic carboxylic acids is 1. The van der Waals surface area contributed by atoms with Crippen LogP contribution in [-0.2, 0) is 0 Å². The van der Waals surface area contributed by atoms with Crippen molar-refractivity contribution in [1.29, 1.82) is 0 Å². The molecule has 0 aromatic heterocycles. The monoisotopic (exact) mass is 852 g/mol. The molecule has 2 aromatic carbocycles. The van der Waals surface area contributed by atoms with Gasteiger partial charge in [-0.3, -0.25) is 4.79 Å². The SMILES string of the molecule is O=C(O)c1ccccc1-c1c2cc(I)c(=O)c(I)c-2sc2c(I)c(O)c(I)cc12. The summed E-state index contributed by atoms with van der Waals surface area (Å²) < 4.78 is 3.38. The summed E-state index contributed by atoms with van der Waals surface area (Å²) in [5.74, 6) is -0.822. The Morgan fingerprint density at radius 1 is 0.931 bits per heavy atom. The lowest BCUT2D eigenvalue weighted by atomic mass is 9.92. The highest BCUT2D eigenvalue weighted by atomic mass is 127. The fourth-order valence-corrected chi connectivity index (χ4v) is 8.30. The Balaban J connectivity index is 2.34. The van der Waals surface area contributed by atoms with Crippen molar-refractivity contribution in [3.8, 4) is 27.3 Å². The predicted octanol–water partition coefficient (Wildman–Crippen LogP) is 6.86. The first-order valence-corrected chi connectivity index (χ1v) is 13.1. The minimum atomic E-state index is -1.01. The zero-order valence-corrected chi connectivity index (χ0v) is 23.5. The topological polar surface area (TPSA) is 74.6 Å². The molecule has 1 aliphatic carbocycles. The fourth-order valence-electron chi connectivity index (χ4n) is 3.17. The number of benzene rings is 3. The summed E-state index contributed by atoms with van der Waals surface area (Å²) in [6, 6.07) is 10.6. The van der Waals surface area contributed by atoms with Gasteiger partial charge in [0.1, 0.15) is 5.75 Å². The number of carboxylic acid groups (broad SMARTS) is 1. The van der Waals surface area contributed by atoms with Crippen molar-refractivity contribution in [1.82, 2.24) is 0 Å². The Bertz CT molecular complexity index is 1360. The summed E-state index contributed by atoms with van der Waals surface area (Å²) in [6.07, 6.45) is 0. The molecule has 29 heavy (non-hydrogen) atoms. The van der Waals surface area contributed by atoms with Crippen LogP contribution in [0.15, 0.2) is 41.2 Å². The van der Waals surface area contributed by atoms with E-state index in [0.717, 1.165) is 26.1 Å². The summed E-state index contributed by atoms with van der Waals surface area (Å²) in [5.41, 5.74) is 2.34. The molecule has 2 aromatic rings. The Labute approximate surface area is 223 Å². The molecule has 4 nitrogen and oxygen atoms in total. The second kappa shape index (κ2) is 8.35. The van der Waals surface area contributed by atoms with Gasteiger partial charge in [-0.25, -0.2) is 4.79 Å². The zero-order chi connectivity index (χ0) is 21.0. The molecule has 2 N–H and O–H groups in total. The number of phenols is 1. The van der Waals surface area contributed by atoms with Crippen LogP contribution in [0.4, 0.5) is 0 Å². The van der Waals surface area contributed by atoms with Crippen molar-refractivity contribution >= 4 is 118 Å². The second-order valence-electron chi connectivity index (χ2n) is 6.10. The van der Waals surface area contributed by atoms with Gasteiger partial charge in [-0.15, -0.1) is 11.3 Å². The van der Waals surface area contributed by atoms with E-state index in [-0.39, 0.29) is 16.7 Å². The molecule has 0 saturated carbocycles. The van der Waals surface area contributed by atoms with Gasteiger partial charge in [0, 0.05) is 10.9 Å². The van der Waals surface area contributed by atoms with E-state index in [1.54, 1.807) is 18.2 Å². The maximum absolute atomic E-state index is 12.6. The number of fused-ring (bicyclic) bond motifs is 2. The minimum Gasteiger partial charge on any atom is -0.506 e. The number of phenolic OH excluding ortho intramolecular Hbond substituents is 1. The second-order valence-corrected chi connectivity index (χ2v) is 11.6. The number of hydrogen-bond donors (Lipinski definition) is 2. The zero-order valence-electron chi connectivity index (χ0n) is 14.1. The minimum absolute atomic E-state index is 0.0449. The third-order valence-electron chi connectivity index (χ3n) is 4.45. The maximum Gasteiger partial charge on any atom is 0.336 e. The van der Waals surface area contributed by atoms with Gasteiger partial charge in [-0.05, 0) is 120 Å². The lowest BCUT2D eigenvalue weighted by Crippen LogP contribution is -2.11. The lowest BCUT2D eigenvalue weighted by Gasteiger charge is -2.19. The number of carboxylic acids is 1. The fraction of sp³-hybridized carbons (Fsp3) is 0. The maximum atomic E-state index is 12.6. The predicted molar refractivity (Wildman–Crippen MR) is 150 cm³/mol. The molecular formula is C20H8I4O4S. The van der Waals surface area contributed by atoms with Gasteiger partial charge in [0.25, 0.3) is 0 Å². The van der Waals surface area contributed by atoms with Gasteiger partial charge < -0.3 is 10.2 Å². The van der Waals surface area contributed by atoms with Gasteiger partial charge in [0.15, 0.2) is 0 Å². The highest BCUT2D eigenvalue weighted by molar-refractivity contribution is 14.1. The number of hydrogen-bond acceptors (Lipinski definition) is 4. The molecule has 0 spiro atoms. The summed E-state index contributed by atoms with van der Waals surface area (Å²) >= 11 is 9.71. The van der Waals surface area contributed by atoms with Gasteiger partial charge in [0.2, 0.25) is 5.43 Å². The summed E-state index contributed by atoms with van der Waals surface area (Å²) in [4.78, 5) is 25.3. The van der Waals surface area contributed by atoms with E-state index in [2.05, 4.69) is 67.8 Å². The molecule has 0 amide bonds. The highest BCUT2D eigenvalue weighted by Crippen LogP contribution is 2.49. The van der Waals surface area contributed by atoms with E-state index < -0.39 is 5.97 Å². The van der Waals surface area contributed by atoms with Crippen LogP contribution in [-0.4, -0.2) is 16.2 Å². The van der Waals surface area contributed by atoms with Crippen LogP contribution in [0.2, 0.25) is 0 Å². The lowest BCUT2D eigenvalue weighted by molar-refractivity contribution is 0.0697. The Hall–Kier alpha value is -0.260. The van der Waals surface area contributed by atoms with Crippen molar-refractivity contribution in [2.75, 3.05) is 0 Å². The summed E-state index contributed by atoms with van der Waals surface area (Å²) in [6.45, 7) is 0. The van der Waals surface area contributed by atoms with Crippen LogP contribution in [0.5, 0.6) is 5.75 Å². The smallest absolute Gasteiger partial charge is 0.336 e. The number of carbonyl (C=O) groups is 1. The molecule has 1 aliphatic heterocycles. The molecule has 0 fully saturated rings.